The van der Waals surface area contributed by atoms with Crippen LogP contribution in [-0.4, -0.2) is 6.04 Å². The summed E-state index contributed by atoms with van der Waals surface area (Å²) >= 11 is 0. The highest BCUT2D eigenvalue weighted by molar-refractivity contribution is 5.34. The van der Waals surface area contributed by atoms with Crippen molar-refractivity contribution in [2.75, 3.05) is 0 Å². The topological polar surface area (TPSA) is 35.8 Å². The first-order chi connectivity index (χ1) is 9.21. The van der Waals surface area contributed by atoms with Gasteiger partial charge in [-0.15, -0.1) is 0 Å². The predicted molar refractivity (Wildman–Crippen MR) is 80.9 cm³/mol. The van der Waals surface area contributed by atoms with Gasteiger partial charge in [-0.3, -0.25) is 0 Å². The molecule has 0 radical (unpaired) electrons. The minimum atomic E-state index is 0.307. The van der Waals surface area contributed by atoms with Gasteiger partial charge in [0.15, 0.2) is 0 Å². The van der Waals surface area contributed by atoms with E-state index in [1.54, 1.807) is 0 Å². The van der Waals surface area contributed by atoms with Crippen molar-refractivity contribution in [2.24, 2.45) is 0 Å². The highest BCUT2D eigenvalue weighted by Gasteiger charge is 2.12. The summed E-state index contributed by atoms with van der Waals surface area (Å²) in [5.41, 5.74) is 1.95. The minimum Gasteiger partial charge on any atom is -0.307 e. The number of hydrogen-bond donors (Lipinski definition) is 1. The molecule has 0 aliphatic carbocycles. The van der Waals surface area contributed by atoms with Gasteiger partial charge in [0.05, 0.1) is 11.6 Å². The van der Waals surface area contributed by atoms with Crippen LogP contribution in [0.25, 0.3) is 0 Å². The van der Waals surface area contributed by atoms with Gasteiger partial charge in [0.2, 0.25) is 0 Å². The molecule has 1 aromatic rings. The molecule has 0 aliphatic heterocycles. The Morgan fingerprint density at radius 3 is 2.63 bits per heavy atom. The molecule has 2 atom stereocenters. The quantitative estimate of drug-likeness (QED) is 0.741. The van der Waals surface area contributed by atoms with Crippen LogP contribution < -0.4 is 5.32 Å². The molecular weight excluding hydrogens is 232 g/mol. The number of benzene rings is 1. The van der Waals surface area contributed by atoms with Crippen LogP contribution in [0.5, 0.6) is 0 Å². The SMILES string of the molecule is CCCCC(CCC)NC(C)c1cccc(C#N)c1. The zero-order valence-electron chi connectivity index (χ0n) is 12.4. The Balaban J connectivity index is 2.64. The smallest absolute Gasteiger partial charge is 0.0991 e. The Kier molecular flexibility index (Phi) is 7.22. The molecule has 1 rings (SSSR count). The van der Waals surface area contributed by atoms with E-state index in [1.165, 1.54) is 37.7 Å². The Labute approximate surface area is 117 Å². The molecule has 0 bridgehead atoms. The van der Waals surface area contributed by atoms with Crippen LogP contribution in [0.4, 0.5) is 0 Å². The fraction of sp³-hybridized carbons (Fsp3) is 0.588. The fourth-order valence-electron chi connectivity index (χ4n) is 2.44. The minimum absolute atomic E-state index is 0.307. The molecule has 1 aromatic carbocycles. The van der Waals surface area contributed by atoms with Gasteiger partial charge in [0.1, 0.15) is 0 Å². The molecule has 0 aliphatic rings. The van der Waals surface area contributed by atoms with Gasteiger partial charge in [-0.1, -0.05) is 45.2 Å². The van der Waals surface area contributed by atoms with Gasteiger partial charge < -0.3 is 5.32 Å². The lowest BCUT2D eigenvalue weighted by molar-refractivity contribution is 0.396. The van der Waals surface area contributed by atoms with Crippen molar-refractivity contribution in [2.45, 2.75) is 65.0 Å². The first-order valence-corrected chi connectivity index (χ1v) is 7.47. The fourth-order valence-corrected chi connectivity index (χ4v) is 2.44. The van der Waals surface area contributed by atoms with Crippen LogP contribution in [0.3, 0.4) is 0 Å². The summed E-state index contributed by atoms with van der Waals surface area (Å²) in [6.07, 6.45) is 6.21. The molecule has 1 N–H and O–H groups in total. The number of unbranched alkanes of at least 4 members (excludes halogenated alkanes) is 1. The van der Waals surface area contributed by atoms with E-state index in [0.717, 1.165) is 5.56 Å². The largest absolute Gasteiger partial charge is 0.307 e. The molecule has 0 saturated heterocycles. The van der Waals surface area contributed by atoms with Gasteiger partial charge in [-0.2, -0.15) is 5.26 Å². The monoisotopic (exact) mass is 258 g/mol. The Bertz CT molecular complexity index is 406. The molecule has 19 heavy (non-hydrogen) atoms. The highest BCUT2D eigenvalue weighted by Crippen LogP contribution is 2.17. The second kappa shape index (κ2) is 8.72. The van der Waals surface area contributed by atoms with E-state index >= 15 is 0 Å². The van der Waals surface area contributed by atoms with E-state index in [0.29, 0.717) is 12.1 Å². The maximum Gasteiger partial charge on any atom is 0.0991 e. The van der Waals surface area contributed by atoms with Crippen molar-refractivity contribution in [1.82, 2.24) is 5.32 Å². The first-order valence-electron chi connectivity index (χ1n) is 7.47. The molecule has 0 aromatic heterocycles. The van der Waals surface area contributed by atoms with Crippen molar-refractivity contribution in [3.05, 3.63) is 35.4 Å². The van der Waals surface area contributed by atoms with Gasteiger partial charge >= 0.3 is 0 Å². The lowest BCUT2D eigenvalue weighted by atomic mass is 10.0. The summed E-state index contributed by atoms with van der Waals surface area (Å²) in [6, 6.07) is 11.0. The van der Waals surface area contributed by atoms with Gasteiger partial charge in [-0.05, 0) is 37.5 Å². The molecule has 104 valence electrons. The summed E-state index contributed by atoms with van der Waals surface area (Å²) in [4.78, 5) is 0. The van der Waals surface area contributed by atoms with Crippen LogP contribution in [0, 0.1) is 11.3 Å². The zero-order chi connectivity index (χ0) is 14.1. The van der Waals surface area contributed by atoms with Crippen LogP contribution in [-0.2, 0) is 0 Å². The third kappa shape index (κ3) is 5.44. The Morgan fingerprint density at radius 2 is 2.00 bits per heavy atom. The lowest BCUT2D eigenvalue weighted by Gasteiger charge is -2.23. The number of rotatable bonds is 8. The third-order valence-corrected chi connectivity index (χ3v) is 3.54. The zero-order valence-corrected chi connectivity index (χ0v) is 12.4. The summed E-state index contributed by atoms with van der Waals surface area (Å²) < 4.78 is 0. The standard InChI is InChI=1S/C17H26N2/c1-4-6-11-17(8-5-2)19-14(3)16-10-7-9-15(12-16)13-18/h7,9-10,12,14,17,19H,4-6,8,11H2,1-3H3. The Morgan fingerprint density at radius 1 is 1.21 bits per heavy atom. The number of hydrogen-bond acceptors (Lipinski definition) is 2. The van der Waals surface area contributed by atoms with E-state index in [4.69, 9.17) is 5.26 Å². The van der Waals surface area contributed by atoms with Crippen LogP contribution in [0.15, 0.2) is 24.3 Å². The molecule has 2 heteroatoms. The van der Waals surface area contributed by atoms with Crippen LogP contribution in [0.1, 0.15) is 70.0 Å². The van der Waals surface area contributed by atoms with Crippen molar-refractivity contribution >= 4 is 0 Å². The van der Waals surface area contributed by atoms with Gasteiger partial charge in [-0.25, -0.2) is 0 Å². The van der Waals surface area contributed by atoms with Crippen molar-refractivity contribution < 1.29 is 0 Å². The molecule has 0 saturated carbocycles. The number of nitrogens with one attached hydrogen (secondary N) is 1. The highest BCUT2D eigenvalue weighted by atomic mass is 14.9. The Hall–Kier alpha value is -1.33. The third-order valence-electron chi connectivity index (χ3n) is 3.54. The van der Waals surface area contributed by atoms with Crippen molar-refractivity contribution in [3.8, 4) is 6.07 Å². The molecule has 2 unspecified atom stereocenters. The molecule has 0 fully saturated rings. The van der Waals surface area contributed by atoms with E-state index in [1.807, 2.05) is 18.2 Å². The van der Waals surface area contributed by atoms with E-state index in [-0.39, 0.29) is 0 Å². The second-order valence-corrected chi connectivity index (χ2v) is 5.25. The summed E-state index contributed by atoms with van der Waals surface area (Å²) in [5, 5.41) is 12.7. The van der Waals surface area contributed by atoms with Gasteiger partial charge in [0, 0.05) is 12.1 Å². The predicted octanol–water partition coefficient (Wildman–Crippen LogP) is 4.57. The summed E-state index contributed by atoms with van der Waals surface area (Å²) in [7, 11) is 0. The van der Waals surface area contributed by atoms with Crippen LogP contribution >= 0.6 is 0 Å². The molecule has 0 heterocycles. The van der Waals surface area contributed by atoms with E-state index in [9.17, 15) is 0 Å². The second-order valence-electron chi connectivity index (χ2n) is 5.25. The van der Waals surface area contributed by atoms with E-state index in [2.05, 4.69) is 38.2 Å². The lowest BCUT2D eigenvalue weighted by Crippen LogP contribution is -2.31. The average Bonchev–Trinajstić information content (AvgIpc) is 2.45. The maximum atomic E-state index is 8.96. The number of nitriles is 1. The average molecular weight is 258 g/mol. The molecular formula is C17H26N2. The molecule has 0 spiro atoms. The molecule has 0 amide bonds. The summed E-state index contributed by atoms with van der Waals surface area (Å²) in [5.74, 6) is 0. The first kappa shape index (κ1) is 15.7. The number of nitrogens with zero attached hydrogens (tertiary/aromatic N) is 1. The van der Waals surface area contributed by atoms with Gasteiger partial charge in [0.25, 0.3) is 0 Å². The van der Waals surface area contributed by atoms with Crippen molar-refractivity contribution in [1.29, 1.82) is 5.26 Å². The summed E-state index contributed by atoms with van der Waals surface area (Å²) in [6.45, 7) is 6.66. The molecule has 2 nitrogen and oxygen atoms in total. The van der Waals surface area contributed by atoms with Crippen LogP contribution in [0.2, 0.25) is 0 Å². The maximum absolute atomic E-state index is 8.96. The van der Waals surface area contributed by atoms with Crippen molar-refractivity contribution in [3.63, 3.8) is 0 Å². The normalized spacial score (nSPS) is 13.8. The van der Waals surface area contributed by atoms with E-state index < -0.39 is 0 Å².